The number of anilines is 1. The van der Waals surface area contributed by atoms with Crippen LogP contribution in [0.4, 0.5) is 10.1 Å². The Morgan fingerprint density at radius 2 is 2.29 bits per heavy atom. The zero-order valence-corrected chi connectivity index (χ0v) is 9.70. The van der Waals surface area contributed by atoms with Gasteiger partial charge in [-0.2, -0.15) is 0 Å². The molecule has 0 aliphatic carbocycles. The van der Waals surface area contributed by atoms with Crippen LogP contribution in [-0.4, -0.2) is 12.2 Å². The highest BCUT2D eigenvalue weighted by Crippen LogP contribution is 2.32. The van der Waals surface area contributed by atoms with Gasteiger partial charge in [0, 0.05) is 11.0 Å². The second-order valence-electron chi connectivity index (χ2n) is 4.04. The quantitative estimate of drug-likeness (QED) is 0.750. The molecular weight excluding hydrogens is 245 g/mol. The Kier molecular flexibility index (Phi) is 2.52. The van der Waals surface area contributed by atoms with Crippen molar-refractivity contribution in [2.45, 2.75) is 25.4 Å². The maximum atomic E-state index is 13.7. The molecule has 1 N–H and O–H groups in total. The van der Waals surface area contributed by atoms with Crippen molar-refractivity contribution in [1.82, 2.24) is 0 Å². The minimum atomic E-state index is -1.10. The lowest BCUT2D eigenvalue weighted by Crippen LogP contribution is -2.27. The van der Waals surface area contributed by atoms with E-state index in [1.54, 1.807) is 6.92 Å². The van der Waals surface area contributed by atoms with Crippen molar-refractivity contribution >= 4 is 21.6 Å². The first-order valence-electron chi connectivity index (χ1n) is 4.79. The van der Waals surface area contributed by atoms with E-state index in [2.05, 4.69) is 27.3 Å². The van der Waals surface area contributed by atoms with Crippen LogP contribution in [0, 0.1) is 0 Å². The van der Waals surface area contributed by atoms with Gasteiger partial charge in [0.05, 0.1) is 5.69 Å². The average Bonchev–Trinajstić information content (AvgIpc) is 2.27. The predicted octanol–water partition coefficient (Wildman–Crippen LogP) is 3.54. The van der Waals surface area contributed by atoms with Crippen molar-refractivity contribution < 1.29 is 4.39 Å². The van der Waals surface area contributed by atoms with Gasteiger partial charge in [-0.05, 0) is 47.3 Å². The summed E-state index contributed by atoms with van der Waals surface area (Å²) in [6.45, 7) is 2.04. The highest BCUT2D eigenvalue weighted by molar-refractivity contribution is 9.10. The third-order valence-corrected chi connectivity index (χ3v) is 3.31. The molecule has 0 saturated heterocycles. The van der Waals surface area contributed by atoms with E-state index in [4.69, 9.17) is 0 Å². The molecule has 0 bridgehead atoms. The van der Waals surface area contributed by atoms with Crippen LogP contribution in [0.15, 0.2) is 22.7 Å². The summed E-state index contributed by atoms with van der Waals surface area (Å²) in [5.74, 6) is 0. The summed E-state index contributed by atoms with van der Waals surface area (Å²) in [7, 11) is 0. The molecule has 0 fully saturated rings. The third-order valence-electron chi connectivity index (χ3n) is 2.65. The standard InChI is InChI=1S/C11H13BrFN/c1-11(13)6-5-8-3-2-4-9(12)10(8)14-7-11/h2-4,14H,5-7H2,1H3. The highest BCUT2D eigenvalue weighted by Gasteiger charge is 2.26. The summed E-state index contributed by atoms with van der Waals surface area (Å²) >= 11 is 3.47. The minimum Gasteiger partial charge on any atom is -0.381 e. The Balaban J connectivity index is 2.34. The number of fused-ring (bicyclic) bond motifs is 1. The molecule has 0 aromatic heterocycles. The molecule has 3 heteroatoms. The Bertz CT molecular complexity index is 349. The fraction of sp³-hybridized carbons (Fsp3) is 0.455. The largest absolute Gasteiger partial charge is 0.381 e. The van der Waals surface area contributed by atoms with Gasteiger partial charge in [-0.15, -0.1) is 0 Å². The molecular formula is C11H13BrFN. The number of nitrogens with one attached hydrogen (secondary N) is 1. The van der Waals surface area contributed by atoms with Gasteiger partial charge in [0.25, 0.3) is 0 Å². The van der Waals surface area contributed by atoms with Gasteiger partial charge in [-0.3, -0.25) is 0 Å². The van der Waals surface area contributed by atoms with Crippen molar-refractivity contribution in [3.05, 3.63) is 28.2 Å². The molecule has 1 heterocycles. The van der Waals surface area contributed by atoms with Crippen LogP contribution in [0.1, 0.15) is 18.9 Å². The van der Waals surface area contributed by atoms with E-state index >= 15 is 0 Å². The molecule has 1 unspecified atom stereocenters. The zero-order chi connectivity index (χ0) is 10.2. The maximum Gasteiger partial charge on any atom is 0.125 e. The molecule has 1 aliphatic rings. The van der Waals surface area contributed by atoms with Crippen molar-refractivity contribution in [3.8, 4) is 0 Å². The summed E-state index contributed by atoms with van der Waals surface area (Å²) in [5.41, 5.74) is 1.15. The number of hydrogen-bond acceptors (Lipinski definition) is 1. The van der Waals surface area contributed by atoms with E-state index in [0.717, 1.165) is 16.6 Å². The van der Waals surface area contributed by atoms with Crippen LogP contribution < -0.4 is 5.32 Å². The Labute approximate surface area is 91.8 Å². The van der Waals surface area contributed by atoms with Gasteiger partial charge in [-0.1, -0.05) is 12.1 Å². The molecule has 2 rings (SSSR count). The SMILES string of the molecule is CC1(F)CCc2cccc(Br)c2NC1. The van der Waals surface area contributed by atoms with Crippen LogP contribution in [-0.2, 0) is 6.42 Å². The summed E-state index contributed by atoms with van der Waals surface area (Å²) in [4.78, 5) is 0. The zero-order valence-electron chi connectivity index (χ0n) is 8.11. The van der Waals surface area contributed by atoms with Gasteiger partial charge in [0.1, 0.15) is 5.67 Å². The molecule has 0 spiro atoms. The molecule has 1 aromatic rings. The fourth-order valence-corrected chi connectivity index (χ4v) is 2.28. The molecule has 1 aliphatic heterocycles. The maximum absolute atomic E-state index is 13.7. The first kappa shape index (κ1) is 9.97. The van der Waals surface area contributed by atoms with E-state index in [9.17, 15) is 4.39 Å². The summed E-state index contributed by atoms with van der Waals surface area (Å²) in [6.07, 6.45) is 1.39. The average molecular weight is 258 g/mol. The molecule has 1 nitrogen and oxygen atoms in total. The third kappa shape index (κ3) is 1.92. The molecule has 76 valence electrons. The first-order chi connectivity index (χ1) is 6.58. The van der Waals surface area contributed by atoms with Crippen LogP contribution in [0.25, 0.3) is 0 Å². The lowest BCUT2D eigenvalue weighted by atomic mass is 10.0. The molecule has 0 amide bonds. The number of benzene rings is 1. The highest BCUT2D eigenvalue weighted by atomic mass is 79.9. The summed E-state index contributed by atoms with van der Waals surface area (Å²) in [6, 6.07) is 6.02. The Hall–Kier alpha value is -0.570. The molecule has 1 atom stereocenters. The van der Waals surface area contributed by atoms with Crippen LogP contribution in [0.3, 0.4) is 0 Å². The van der Waals surface area contributed by atoms with Gasteiger partial charge in [0.2, 0.25) is 0 Å². The number of hydrogen-bond donors (Lipinski definition) is 1. The summed E-state index contributed by atoms with van der Waals surface area (Å²) in [5, 5.41) is 3.16. The van der Waals surface area contributed by atoms with E-state index in [-0.39, 0.29) is 0 Å². The number of halogens is 2. The molecule has 1 aromatic carbocycles. The van der Waals surface area contributed by atoms with Crippen molar-refractivity contribution in [1.29, 1.82) is 0 Å². The Morgan fingerprint density at radius 3 is 3.07 bits per heavy atom. The van der Waals surface area contributed by atoms with Crippen LogP contribution in [0.5, 0.6) is 0 Å². The van der Waals surface area contributed by atoms with Crippen molar-refractivity contribution in [2.75, 3.05) is 11.9 Å². The first-order valence-corrected chi connectivity index (χ1v) is 5.58. The van der Waals surface area contributed by atoms with Crippen molar-refractivity contribution in [3.63, 3.8) is 0 Å². The molecule has 0 saturated carbocycles. The van der Waals surface area contributed by atoms with Crippen molar-refractivity contribution in [2.24, 2.45) is 0 Å². The van der Waals surface area contributed by atoms with E-state index in [1.165, 1.54) is 5.56 Å². The smallest absolute Gasteiger partial charge is 0.125 e. The normalized spacial score (nSPS) is 26.2. The lowest BCUT2D eigenvalue weighted by molar-refractivity contribution is 0.195. The molecule has 14 heavy (non-hydrogen) atoms. The van der Waals surface area contributed by atoms with E-state index < -0.39 is 5.67 Å². The topological polar surface area (TPSA) is 12.0 Å². The second-order valence-corrected chi connectivity index (χ2v) is 4.90. The molecule has 0 radical (unpaired) electrons. The van der Waals surface area contributed by atoms with Gasteiger partial charge >= 0.3 is 0 Å². The number of rotatable bonds is 0. The van der Waals surface area contributed by atoms with E-state index in [1.807, 2.05) is 12.1 Å². The number of aryl methyl sites for hydroxylation is 1. The number of alkyl halides is 1. The monoisotopic (exact) mass is 257 g/mol. The van der Waals surface area contributed by atoms with Crippen LogP contribution >= 0.6 is 15.9 Å². The van der Waals surface area contributed by atoms with Gasteiger partial charge in [-0.25, -0.2) is 4.39 Å². The second kappa shape index (κ2) is 3.54. The summed E-state index contributed by atoms with van der Waals surface area (Å²) < 4.78 is 14.8. The predicted molar refractivity (Wildman–Crippen MR) is 60.5 cm³/mol. The number of para-hydroxylation sites is 1. The van der Waals surface area contributed by atoms with E-state index in [0.29, 0.717) is 13.0 Å². The minimum absolute atomic E-state index is 0.391. The fourth-order valence-electron chi connectivity index (χ4n) is 1.73. The van der Waals surface area contributed by atoms with Crippen LogP contribution in [0.2, 0.25) is 0 Å². The van der Waals surface area contributed by atoms with Gasteiger partial charge in [0.15, 0.2) is 0 Å². The Morgan fingerprint density at radius 1 is 1.50 bits per heavy atom. The van der Waals surface area contributed by atoms with Gasteiger partial charge < -0.3 is 5.32 Å². The lowest BCUT2D eigenvalue weighted by Gasteiger charge is -2.17.